The predicted octanol–water partition coefficient (Wildman–Crippen LogP) is 1.61. The van der Waals surface area contributed by atoms with Gasteiger partial charge in [0.25, 0.3) is 0 Å². The highest BCUT2D eigenvalue weighted by molar-refractivity contribution is 6.31. The van der Waals surface area contributed by atoms with Gasteiger partial charge in [-0.1, -0.05) is 11.6 Å². The lowest BCUT2D eigenvalue weighted by atomic mass is 10.2. The second-order valence-electron chi connectivity index (χ2n) is 4.72. The molecule has 6 heteroatoms. The lowest BCUT2D eigenvalue weighted by Crippen LogP contribution is -2.53. The molecule has 0 aliphatic carbocycles. The number of aromatic nitrogens is 2. The van der Waals surface area contributed by atoms with Crippen molar-refractivity contribution in [2.45, 2.75) is 13.0 Å². The van der Waals surface area contributed by atoms with Crippen LogP contribution >= 0.6 is 11.6 Å². The average molecular weight is 277 g/mol. The molecule has 98 valence electrons. The summed E-state index contributed by atoms with van der Waals surface area (Å²) in [6.07, 6.45) is 1.58. The Morgan fingerprint density at radius 3 is 3.11 bits per heavy atom. The van der Waals surface area contributed by atoms with Gasteiger partial charge < -0.3 is 10.2 Å². The number of hydrogen-bond acceptors (Lipinski definition) is 4. The minimum Gasteiger partial charge on any atom is -0.350 e. The number of carbonyl (C=O) groups is 1. The summed E-state index contributed by atoms with van der Waals surface area (Å²) in [4.78, 5) is 22.2. The maximum atomic E-state index is 11.6. The number of halogens is 1. The lowest BCUT2D eigenvalue weighted by Gasteiger charge is -2.31. The highest BCUT2D eigenvalue weighted by Crippen LogP contribution is 2.20. The molecule has 1 aliphatic heterocycles. The molecule has 19 heavy (non-hydrogen) atoms. The highest BCUT2D eigenvalue weighted by atomic mass is 35.5. The number of rotatable bonds is 1. The summed E-state index contributed by atoms with van der Waals surface area (Å²) in [6.45, 7) is 3.05. The molecule has 0 radical (unpaired) electrons. The van der Waals surface area contributed by atoms with Gasteiger partial charge in [0.2, 0.25) is 5.91 Å². The van der Waals surface area contributed by atoms with E-state index in [1.54, 1.807) is 6.20 Å². The van der Waals surface area contributed by atoms with Gasteiger partial charge in [-0.25, -0.2) is 9.97 Å². The molecule has 1 fully saturated rings. The molecule has 0 spiro atoms. The standard InChI is InChI=1S/C13H13ClN4O/c1-8-6-18(7-12(19)16-8)11-3-2-9-4-10(14)5-15-13(9)17-11/h2-5,8H,6-7H2,1H3,(H,16,19). The van der Waals surface area contributed by atoms with Gasteiger partial charge >= 0.3 is 0 Å². The fraction of sp³-hybridized carbons (Fsp3) is 0.308. The molecule has 1 unspecified atom stereocenters. The quantitative estimate of drug-likeness (QED) is 0.860. The molecule has 0 bridgehead atoms. The van der Waals surface area contributed by atoms with Crippen molar-refractivity contribution >= 4 is 34.4 Å². The largest absolute Gasteiger partial charge is 0.350 e. The number of pyridine rings is 2. The molecule has 5 nitrogen and oxygen atoms in total. The van der Waals surface area contributed by atoms with E-state index in [4.69, 9.17) is 11.6 Å². The van der Waals surface area contributed by atoms with Crippen LogP contribution in [0, 0.1) is 0 Å². The first-order chi connectivity index (χ1) is 9.11. The molecule has 0 aromatic carbocycles. The van der Waals surface area contributed by atoms with Crippen LogP contribution in [0.5, 0.6) is 0 Å². The van der Waals surface area contributed by atoms with Crippen LogP contribution in [0.3, 0.4) is 0 Å². The highest BCUT2D eigenvalue weighted by Gasteiger charge is 2.22. The molecule has 3 rings (SSSR count). The van der Waals surface area contributed by atoms with Gasteiger partial charge in [0.05, 0.1) is 11.6 Å². The number of nitrogens with one attached hydrogen (secondary N) is 1. The van der Waals surface area contributed by atoms with Crippen LogP contribution in [-0.4, -0.2) is 35.0 Å². The number of piperazine rings is 1. The Morgan fingerprint density at radius 1 is 1.47 bits per heavy atom. The van der Waals surface area contributed by atoms with Crippen LogP contribution in [-0.2, 0) is 4.79 Å². The summed E-state index contributed by atoms with van der Waals surface area (Å²) < 4.78 is 0. The minimum atomic E-state index is 0.0183. The van der Waals surface area contributed by atoms with Crippen LogP contribution in [0.2, 0.25) is 5.02 Å². The van der Waals surface area contributed by atoms with Crippen LogP contribution in [0.25, 0.3) is 11.0 Å². The van der Waals surface area contributed by atoms with Crippen LogP contribution in [0.15, 0.2) is 24.4 Å². The first-order valence-electron chi connectivity index (χ1n) is 6.08. The normalized spacial score (nSPS) is 19.6. The monoisotopic (exact) mass is 276 g/mol. The van der Waals surface area contributed by atoms with Gasteiger partial charge in [0.15, 0.2) is 5.65 Å². The number of anilines is 1. The Labute approximate surface area is 115 Å². The van der Waals surface area contributed by atoms with E-state index in [0.29, 0.717) is 17.2 Å². The minimum absolute atomic E-state index is 0.0183. The maximum Gasteiger partial charge on any atom is 0.239 e. The third-order valence-electron chi connectivity index (χ3n) is 3.05. The molecule has 0 saturated carbocycles. The molecule has 1 aliphatic rings. The number of fused-ring (bicyclic) bond motifs is 1. The predicted molar refractivity (Wildman–Crippen MR) is 74.4 cm³/mol. The van der Waals surface area contributed by atoms with Crippen LogP contribution in [0.1, 0.15) is 6.92 Å². The second-order valence-corrected chi connectivity index (χ2v) is 5.16. The van der Waals surface area contributed by atoms with Crippen LogP contribution in [0.4, 0.5) is 5.82 Å². The molecule has 3 heterocycles. The SMILES string of the molecule is CC1CN(c2ccc3cc(Cl)cnc3n2)CC(=O)N1. The van der Waals surface area contributed by atoms with E-state index in [2.05, 4.69) is 15.3 Å². The maximum absolute atomic E-state index is 11.6. The Hall–Kier alpha value is -1.88. The summed E-state index contributed by atoms with van der Waals surface area (Å²) in [7, 11) is 0. The van der Waals surface area contributed by atoms with Crippen molar-refractivity contribution in [3.8, 4) is 0 Å². The Morgan fingerprint density at radius 2 is 2.32 bits per heavy atom. The van der Waals surface area contributed by atoms with Gasteiger partial charge in [-0.2, -0.15) is 0 Å². The van der Waals surface area contributed by atoms with Gasteiger partial charge in [0, 0.05) is 24.2 Å². The average Bonchev–Trinajstić information content (AvgIpc) is 2.37. The van der Waals surface area contributed by atoms with E-state index in [0.717, 1.165) is 17.7 Å². The van der Waals surface area contributed by atoms with E-state index in [1.165, 1.54) is 0 Å². The summed E-state index contributed by atoms with van der Waals surface area (Å²) in [5, 5.41) is 4.37. The molecular weight excluding hydrogens is 264 g/mol. The molecule has 2 aromatic heterocycles. The number of nitrogens with zero attached hydrogens (tertiary/aromatic N) is 3. The third-order valence-corrected chi connectivity index (χ3v) is 3.26. The van der Waals surface area contributed by atoms with Crippen LogP contribution < -0.4 is 10.2 Å². The zero-order valence-electron chi connectivity index (χ0n) is 10.4. The smallest absolute Gasteiger partial charge is 0.239 e. The van der Waals surface area contributed by atoms with Gasteiger partial charge in [-0.05, 0) is 25.1 Å². The van der Waals surface area contributed by atoms with E-state index in [-0.39, 0.29) is 11.9 Å². The van der Waals surface area contributed by atoms with E-state index in [9.17, 15) is 4.79 Å². The fourth-order valence-electron chi connectivity index (χ4n) is 2.26. The molecule has 1 saturated heterocycles. The molecular formula is C13H13ClN4O. The van der Waals surface area contributed by atoms with Crippen molar-refractivity contribution < 1.29 is 4.79 Å². The lowest BCUT2D eigenvalue weighted by molar-refractivity contribution is -0.121. The van der Waals surface area contributed by atoms with Crippen molar-refractivity contribution in [3.63, 3.8) is 0 Å². The van der Waals surface area contributed by atoms with Gasteiger partial charge in [0.1, 0.15) is 5.82 Å². The number of carbonyl (C=O) groups excluding carboxylic acids is 1. The molecule has 1 amide bonds. The van der Waals surface area contributed by atoms with E-state index >= 15 is 0 Å². The third kappa shape index (κ3) is 2.46. The summed E-state index contributed by atoms with van der Waals surface area (Å²) in [5.41, 5.74) is 0.639. The van der Waals surface area contributed by atoms with Crippen molar-refractivity contribution in [1.29, 1.82) is 0 Å². The van der Waals surface area contributed by atoms with Gasteiger partial charge in [-0.15, -0.1) is 0 Å². The number of amides is 1. The molecule has 2 aromatic rings. The topological polar surface area (TPSA) is 58.1 Å². The van der Waals surface area contributed by atoms with E-state index < -0.39 is 0 Å². The van der Waals surface area contributed by atoms with Gasteiger partial charge in [-0.3, -0.25) is 4.79 Å². The molecule has 1 N–H and O–H groups in total. The fourth-order valence-corrected chi connectivity index (χ4v) is 2.43. The summed E-state index contributed by atoms with van der Waals surface area (Å²) in [6, 6.07) is 5.77. The molecule has 1 atom stereocenters. The van der Waals surface area contributed by atoms with Crippen molar-refractivity contribution in [2.24, 2.45) is 0 Å². The summed E-state index contributed by atoms with van der Waals surface area (Å²) >= 11 is 5.89. The first-order valence-corrected chi connectivity index (χ1v) is 6.46. The Bertz CT molecular complexity index is 646. The number of hydrogen-bond donors (Lipinski definition) is 1. The zero-order valence-corrected chi connectivity index (χ0v) is 11.2. The van der Waals surface area contributed by atoms with Crippen molar-refractivity contribution in [3.05, 3.63) is 29.4 Å². The van der Waals surface area contributed by atoms with E-state index in [1.807, 2.05) is 30.0 Å². The zero-order chi connectivity index (χ0) is 13.4. The Kier molecular flexibility index (Phi) is 2.98. The second kappa shape index (κ2) is 4.66. The Balaban J connectivity index is 1.96. The summed E-state index contributed by atoms with van der Waals surface area (Å²) in [5.74, 6) is 0.786. The van der Waals surface area contributed by atoms with Crippen molar-refractivity contribution in [1.82, 2.24) is 15.3 Å². The first kappa shape index (κ1) is 12.2. The van der Waals surface area contributed by atoms with Crippen molar-refractivity contribution in [2.75, 3.05) is 18.0 Å².